The van der Waals surface area contributed by atoms with Gasteiger partial charge in [0.05, 0.1) is 6.61 Å². The second-order valence-corrected chi connectivity index (χ2v) is 3.92. The van der Waals surface area contributed by atoms with Crippen LogP contribution in [-0.4, -0.2) is 37.5 Å². The van der Waals surface area contributed by atoms with E-state index in [-0.39, 0.29) is 12.1 Å². The van der Waals surface area contributed by atoms with Crippen LogP contribution in [0.15, 0.2) is 0 Å². The van der Waals surface area contributed by atoms with Crippen molar-refractivity contribution >= 4 is 0 Å². The number of methoxy groups -OCH3 is 1. The van der Waals surface area contributed by atoms with E-state index in [4.69, 9.17) is 4.74 Å². The molecule has 3 nitrogen and oxygen atoms in total. The van der Waals surface area contributed by atoms with Crippen molar-refractivity contribution in [2.75, 3.05) is 26.9 Å². The van der Waals surface area contributed by atoms with E-state index in [1.165, 1.54) is 12.8 Å². The van der Waals surface area contributed by atoms with Gasteiger partial charge >= 0.3 is 0 Å². The van der Waals surface area contributed by atoms with Crippen molar-refractivity contribution in [3.8, 4) is 0 Å². The quantitative estimate of drug-likeness (QED) is 0.607. The summed E-state index contributed by atoms with van der Waals surface area (Å²) in [4.78, 5) is 0. The van der Waals surface area contributed by atoms with E-state index >= 15 is 0 Å². The fourth-order valence-corrected chi connectivity index (χ4v) is 2.01. The minimum Gasteiger partial charge on any atom is -0.394 e. The van der Waals surface area contributed by atoms with E-state index in [0.29, 0.717) is 0 Å². The molecule has 0 aromatic heterocycles. The standard InChI is InChI=1S/C10H21NO2/c1-13-8-4-7-11-10(9-12)5-2-3-6-10/h11-12H,2-9H2,1H3. The van der Waals surface area contributed by atoms with Crippen molar-refractivity contribution in [1.82, 2.24) is 5.32 Å². The molecule has 0 radical (unpaired) electrons. The molecule has 0 amide bonds. The lowest BCUT2D eigenvalue weighted by Gasteiger charge is -2.28. The first kappa shape index (κ1) is 11.0. The SMILES string of the molecule is COCCCNC1(CO)CCCC1. The van der Waals surface area contributed by atoms with Crippen molar-refractivity contribution < 1.29 is 9.84 Å². The molecular weight excluding hydrogens is 166 g/mol. The summed E-state index contributed by atoms with van der Waals surface area (Å²) in [6.07, 6.45) is 5.76. The molecular formula is C10H21NO2. The Morgan fingerprint density at radius 3 is 2.62 bits per heavy atom. The molecule has 78 valence electrons. The van der Waals surface area contributed by atoms with Crippen molar-refractivity contribution in [2.24, 2.45) is 0 Å². The average Bonchev–Trinajstić information content (AvgIpc) is 2.62. The molecule has 0 spiro atoms. The molecule has 0 bridgehead atoms. The molecule has 1 aliphatic rings. The van der Waals surface area contributed by atoms with Crippen molar-refractivity contribution in [2.45, 2.75) is 37.6 Å². The van der Waals surface area contributed by atoms with E-state index in [9.17, 15) is 5.11 Å². The van der Waals surface area contributed by atoms with Gasteiger partial charge in [-0.3, -0.25) is 0 Å². The van der Waals surface area contributed by atoms with E-state index in [2.05, 4.69) is 5.32 Å². The molecule has 0 saturated heterocycles. The summed E-state index contributed by atoms with van der Waals surface area (Å²) in [6, 6.07) is 0. The van der Waals surface area contributed by atoms with Gasteiger partial charge in [-0.1, -0.05) is 12.8 Å². The zero-order chi connectivity index (χ0) is 9.57. The predicted octanol–water partition coefficient (Wildman–Crippen LogP) is 0.918. The second kappa shape index (κ2) is 5.58. The number of aliphatic hydroxyl groups excluding tert-OH is 1. The van der Waals surface area contributed by atoms with Crippen LogP contribution in [-0.2, 0) is 4.74 Å². The lowest BCUT2D eigenvalue weighted by Crippen LogP contribution is -2.46. The molecule has 2 N–H and O–H groups in total. The van der Waals surface area contributed by atoms with Gasteiger partial charge in [-0.05, 0) is 25.8 Å². The summed E-state index contributed by atoms with van der Waals surface area (Å²) < 4.78 is 4.97. The lowest BCUT2D eigenvalue weighted by atomic mass is 9.99. The highest BCUT2D eigenvalue weighted by atomic mass is 16.5. The third-order valence-corrected chi connectivity index (χ3v) is 2.89. The van der Waals surface area contributed by atoms with Gasteiger partial charge in [0.15, 0.2) is 0 Å². The zero-order valence-electron chi connectivity index (χ0n) is 8.51. The third-order valence-electron chi connectivity index (χ3n) is 2.89. The normalized spacial score (nSPS) is 20.8. The van der Waals surface area contributed by atoms with Crippen LogP contribution in [0.3, 0.4) is 0 Å². The van der Waals surface area contributed by atoms with E-state index in [0.717, 1.165) is 32.4 Å². The van der Waals surface area contributed by atoms with Gasteiger partial charge in [0.25, 0.3) is 0 Å². The number of ether oxygens (including phenoxy) is 1. The number of nitrogens with one attached hydrogen (secondary N) is 1. The van der Waals surface area contributed by atoms with Gasteiger partial charge in [-0.2, -0.15) is 0 Å². The van der Waals surface area contributed by atoms with E-state index in [1.807, 2.05) is 0 Å². The van der Waals surface area contributed by atoms with Crippen LogP contribution in [0.4, 0.5) is 0 Å². The Hall–Kier alpha value is -0.120. The van der Waals surface area contributed by atoms with Crippen molar-refractivity contribution in [3.05, 3.63) is 0 Å². The molecule has 1 aliphatic carbocycles. The van der Waals surface area contributed by atoms with Crippen LogP contribution in [0, 0.1) is 0 Å². The Morgan fingerprint density at radius 2 is 2.08 bits per heavy atom. The van der Waals surface area contributed by atoms with Gasteiger partial charge in [-0.25, -0.2) is 0 Å². The number of aliphatic hydroxyl groups is 1. The van der Waals surface area contributed by atoms with Gasteiger partial charge < -0.3 is 15.2 Å². The summed E-state index contributed by atoms with van der Waals surface area (Å²) >= 11 is 0. The van der Waals surface area contributed by atoms with Crippen molar-refractivity contribution in [3.63, 3.8) is 0 Å². The first-order chi connectivity index (χ1) is 6.33. The topological polar surface area (TPSA) is 41.5 Å². The molecule has 0 aromatic carbocycles. The highest BCUT2D eigenvalue weighted by Gasteiger charge is 2.31. The third kappa shape index (κ3) is 3.25. The minimum atomic E-state index is 0.0355. The molecule has 0 heterocycles. The maximum atomic E-state index is 9.28. The van der Waals surface area contributed by atoms with Crippen LogP contribution >= 0.6 is 0 Å². The van der Waals surface area contributed by atoms with E-state index in [1.54, 1.807) is 7.11 Å². The molecule has 0 aliphatic heterocycles. The largest absolute Gasteiger partial charge is 0.394 e. The predicted molar refractivity (Wildman–Crippen MR) is 52.8 cm³/mol. The average molecular weight is 187 g/mol. The second-order valence-electron chi connectivity index (χ2n) is 3.92. The number of hydrogen-bond donors (Lipinski definition) is 2. The van der Waals surface area contributed by atoms with Crippen LogP contribution < -0.4 is 5.32 Å². The lowest BCUT2D eigenvalue weighted by molar-refractivity contribution is 0.153. The van der Waals surface area contributed by atoms with Crippen LogP contribution in [0.2, 0.25) is 0 Å². The maximum absolute atomic E-state index is 9.28. The maximum Gasteiger partial charge on any atom is 0.0613 e. The van der Waals surface area contributed by atoms with Crippen LogP contribution in [0.5, 0.6) is 0 Å². The molecule has 1 fully saturated rings. The summed E-state index contributed by atoms with van der Waals surface area (Å²) in [7, 11) is 1.72. The van der Waals surface area contributed by atoms with Gasteiger partial charge in [0, 0.05) is 19.3 Å². The number of hydrogen-bond acceptors (Lipinski definition) is 3. The highest BCUT2D eigenvalue weighted by Crippen LogP contribution is 2.28. The van der Waals surface area contributed by atoms with Gasteiger partial charge in [-0.15, -0.1) is 0 Å². The minimum absolute atomic E-state index is 0.0355. The summed E-state index contributed by atoms with van der Waals surface area (Å²) in [6.45, 7) is 2.03. The van der Waals surface area contributed by atoms with E-state index < -0.39 is 0 Å². The smallest absolute Gasteiger partial charge is 0.0613 e. The molecule has 3 heteroatoms. The summed E-state index contributed by atoms with van der Waals surface area (Å²) in [5.74, 6) is 0. The number of rotatable bonds is 6. The first-order valence-electron chi connectivity index (χ1n) is 5.18. The molecule has 0 atom stereocenters. The fourth-order valence-electron chi connectivity index (χ4n) is 2.01. The first-order valence-corrected chi connectivity index (χ1v) is 5.18. The van der Waals surface area contributed by atoms with Gasteiger partial charge in [0.2, 0.25) is 0 Å². The zero-order valence-corrected chi connectivity index (χ0v) is 8.51. The van der Waals surface area contributed by atoms with Gasteiger partial charge in [0.1, 0.15) is 0 Å². The Balaban J connectivity index is 2.16. The Bertz CT molecular complexity index is 133. The Morgan fingerprint density at radius 1 is 1.38 bits per heavy atom. The molecule has 13 heavy (non-hydrogen) atoms. The molecule has 1 rings (SSSR count). The van der Waals surface area contributed by atoms with Crippen LogP contribution in [0.1, 0.15) is 32.1 Å². The van der Waals surface area contributed by atoms with Crippen LogP contribution in [0.25, 0.3) is 0 Å². The Labute approximate surface area is 80.5 Å². The molecule has 0 aromatic rings. The monoisotopic (exact) mass is 187 g/mol. The molecule has 1 saturated carbocycles. The fraction of sp³-hybridized carbons (Fsp3) is 1.00. The molecule has 0 unspecified atom stereocenters. The summed E-state index contributed by atoms with van der Waals surface area (Å²) in [5, 5.41) is 12.7. The Kier molecular flexibility index (Phi) is 4.70. The van der Waals surface area contributed by atoms with Crippen molar-refractivity contribution in [1.29, 1.82) is 0 Å². The highest BCUT2D eigenvalue weighted by molar-refractivity contribution is 4.91. The summed E-state index contributed by atoms with van der Waals surface area (Å²) in [5.41, 5.74) is 0.0355.